The summed E-state index contributed by atoms with van der Waals surface area (Å²) in [4.78, 5) is 22.7. The zero-order valence-corrected chi connectivity index (χ0v) is 7.81. The highest BCUT2D eigenvalue weighted by Crippen LogP contribution is 2.11. The molecule has 1 atom stereocenters. The predicted octanol–water partition coefficient (Wildman–Crippen LogP) is -1.35. The minimum atomic E-state index is -0.960. The SMILES string of the molecule is NC(=O)CN(CC(=O)O)C1CCOC1. The Morgan fingerprint density at radius 2 is 2.21 bits per heavy atom. The third-order valence-electron chi connectivity index (χ3n) is 2.12. The Morgan fingerprint density at radius 1 is 1.50 bits per heavy atom. The number of carbonyl (C=O) groups is 2. The van der Waals surface area contributed by atoms with Crippen molar-refractivity contribution in [1.82, 2.24) is 4.90 Å². The molecule has 0 aromatic rings. The van der Waals surface area contributed by atoms with Gasteiger partial charge in [0.05, 0.1) is 19.7 Å². The van der Waals surface area contributed by atoms with Gasteiger partial charge in [0.25, 0.3) is 0 Å². The fourth-order valence-corrected chi connectivity index (χ4v) is 1.50. The Labute approximate surface area is 81.6 Å². The van der Waals surface area contributed by atoms with Crippen LogP contribution >= 0.6 is 0 Å². The molecule has 1 heterocycles. The monoisotopic (exact) mass is 202 g/mol. The molecule has 0 spiro atoms. The molecule has 0 aromatic heterocycles. The van der Waals surface area contributed by atoms with Crippen LogP contribution in [0.5, 0.6) is 0 Å². The van der Waals surface area contributed by atoms with Crippen molar-refractivity contribution in [2.45, 2.75) is 12.5 Å². The Morgan fingerprint density at radius 3 is 2.64 bits per heavy atom. The molecule has 1 rings (SSSR count). The van der Waals surface area contributed by atoms with E-state index in [9.17, 15) is 9.59 Å². The number of hydrogen-bond acceptors (Lipinski definition) is 4. The molecule has 0 bridgehead atoms. The van der Waals surface area contributed by atoms with E-state index in [0.717, 1.165) is 6.42 Å². The summed E-state index contributed by atoms with van der Waals surface area (Å²) in [6.45, 7) is 0.886. The first kappa shape index (κ1) is 10.9. The van der Waals surface area contributed by atoms with Gasteiger partial charge in [0.1, 0.15) is 0 Å². The molecule has 1 aliphatic rings. The van der Waals surface area contributed by atoms with Crippen molar-refractivity contribution in [3.63, 3.8) is 0 Å². The average molecular weight is 202 g/mol. The number of nitrogens with two attached hydrogens (primary N) is 1. The molecule has 14 heavy (non-hydrogen) atoms. The lowest BCUT2D eigenvalue weighted by atomic mass is 10.2. The van der Waals surface area contributed by atoms with Gasteiger partial charge in [0.2, 0.25) is 5.91 Å². The zero-order valence-electron chi connectivity index (χ0n) is 7.81. The van der Waals surface area contributed by atoms with Gasteiger partial charge in [0, 0.05) is 12.6 Å². The van der Waals surface area contributed by atoms with Crippen molar-refractivity contribution in [3.8, 4) is 0 Å². The summed E-state index contributed by atoms with van der Waals surface area (Å²) < 4.78 is 5.11. The van der Waals surface area contributed by atoms with Crippen LogP contribution in [-0.4, -0.2) is 54.2 Å². The van der Waals surface area contributed by atoms with Crippen LogP contribution in [0.15, 0.2) is 0 Å². The number of rotatable bonds is 5. The number of aliphatic carboxylic acids is 1. The molecule has 0 saturated carbocycles. The van der Waals surface area contributed by atoms with E-state index in [0.29, 0.717) is 13.2 Å². The van der Waals surface area contributed by atoms with Gasteiger partial charge in [-0.25, -0.2) is 0 Å². The van der Waals surface area contributed by atoms with E-state index in [1.807, 2.05) is 0 Å². The summed E-state index contributed by atoms with van der Waals surface area (Å²) in [5.41, 5.74) is 5.02. The first-order chi connectivity index (χ1) is 6.59. The molecular formula is C8H14N2O4. The van der Waals surface area contributed by atoms with Crippen LogP contribution in [0.1, 0.15) is 6.42 Å². The summed E-state index contributed by atoms with van der Waals surface area (Å²) in [6, 6.07) is -0.00130. The van der Waals surface area contributed by atoms with E-state index in [1.54, 1.807) is 0 Å². The Hall–Kier alpha value is -1.14. The van der Waals surface area contributed by atoms with Gasteiger partial charge >= 0.3 is 5.97 Å². The van der Waals surface area contributed by atoms with E-state index in [2.05, 4.69) is 0 Å². The maximum Gasteiger partial charge on any atom is 0.317 e. The smallest absolute Gasteiger partial charge is 0.317 e. The van der Waals surface area contributed by atoms with E-state index in [-0.39, 0.29) is 19.1 Å². The van der Waals surface area contributed by atoms with Crippen LogP contribution in [0.3, 0.4) is 0 Å². The van der Waals surface area contributed by atoms with Crippen molar-refractivity contribution in [1.29, 1.82) is 0 Å². The summed E-state index contributed by atoms with van der Waals surface area (Å²) in [5, 5.41) is 8.62. The van der Waals surface area contributed by atoms with Crippen LogP contribution in [0, 0.1) is 0 Å². The van der Waals surface area contributed by atoms with E-state index < -0.39 is 11.9 Å². The number of hydrogen-bond donors (Lipinski definition) is 2. The van der Waals surface area contributed by atoms with Crippen LogP contribution in [-0.2, 0) is 14.3 Å². The number of primary amides is 1. The van der Waals surface area contributed by atoms with Crippen molar-refractivity contribution < 1.29 is 19.4 Å². The van der Waals surface area contributed by atoms with E-state index in [1.165, 1.54) is 4.90 Å². The summed E-state index contributed by atoms with van der Waals surface area (Å²) in [6.07, 6.45) is 0.751. The second-order valence-corrected chi connectivity index (χ2v) is 3.28. The van der Waals surface area contributed by atoms with Crippen molar-refractivity contribution in [3.05, 3.63) is 0 Å². The fraction of sp³-hybridized carbons (Fsp3) is 0.750. The molecular weight excluding hydrogens is 188 g/mol. The topological polar surface area (TPSA) is 92.9 Å². The number of carbonyl (C=O) groups excluding carboxylic acids is 1. The van der Waals surface area contributed by atoms with Gasteiger partial charge in [0.15, 0.2) is 0 Å². The van der Waals surface area contributed by atoms with Crippen molar-refractivity contribution in [2.75, 3.05) is 26.3 Å². The third kappa shape index (κ3) is 3.31. The quantitative estimate of drug-likeness (QED) is 0.574. The molecule has 0 aliphatic carbocycles. The molecule has 1 amide bonds. The third-order valence-corrected chi connectivity index (χ3v) is 2.12. The number of ether oxygens (including phenoxy) is 1. The van der Waals surface area contributed by atoms with Crippen LogP contribution in [0.2, 0.25) is 0 Å². The largest absolute Gasteiger partial charge is 0.480 e. The normalized spacial score (nSPS) is 21.4. The first-order valence-corrected chi connectivity index (χ1v) is 4.41. The Balaban J connectivity index is 2.50. The zero-order chi connectivity index (χ0) is 10.6. The minimum absolute atomic E-state index is 0.00130. The highest BCUT2D eigenvalue weighted by Gasteiger charge is 2.25. The van der Waals surface area contributed by atoms with Gasteiger partial charge in [-0.15, -0.1) is 0 Å². The lowest BCUT2D eigenvalue weighted by Crippen LogP contribution is -2.44. The predicted molar refractivity (Wildman–Crippen MR) is 47.6 cm³/mol. The standard InChI is InChI=1S/C8H14N2O4/c9-7(11)3-10(4-8(12)13)6-1-2-14-5-6/h6H,1-5H2,(H2,9,11)(H,12,13). The maximum absolute atomic E-state index is 10.7. The molecule has 1 fully saturated rings. The summed E-state index contributed by atoms with van der Waals surface area (Å²) in [5.74, 6) is -1.48. The van der Waals surface area contributed by atoms with Crippen molar-refractivity contribution >= 4 is 11.9 Å². The molecule has 80 valence electrons. The van der Waals surface area contributed by atoms with Crippen LogP contribution in [0.4, 0.5) is 0 Å². The molecule has 0 radical (unpaired) electrons. The fourth-order valence-electron chi connectivity index (χ4n) is 1.50. The Bertz CT molecular complexity index is 209. The lowest BCUT2D eigenvalue weighted by molar-refractivity contribution is -0.139. The average Bonchev–Trinajstić information content (AvgIpc) is 2.52. The molecule has 6 nitrogen and oxygen atoms in total. The number of carboxylic acids is 1. The highest BCUT2D eigenvalue weighted by atomic mass is 16.5. The van der Waals surface area contributed by atoms with Gasteiger partial charge in [-0.1, -0.05) is 0 Å². The van der Waals surface area contributed by atoms with Crippen molar-refractivity contribution in [2.24, 2.45) is 5.73 Å². The molecule has 1 unspecified atom stereocenters. The molecule has 3 N–H and O–H groups in total. The maximum atomic E-state index is 10.7. The number of carboxylic acid groups (broad SMARTS) is 1. The molecule has 1 aliphatic heterocycles. The molecule has 1 saturated heterocycles. The molecule has 6 heteroatoms. The Kier molecular flexibility index (Phi) is 3.84. The number of amides is 1. The lowest BCUT2D eigenvalue weighted by Gasteiger charge is -2.24. The summed E-state index contributed by atoms with van der Waals surface area (Å²) in [7, 11) is 0. The van der Waals surface area contributed by atoms with Gasteiger partial charge in [-0.05, 0) is 6.42 Å². The van der Waals surface area contributed by atoms with Gasteiger partial charge in [-0.3, -0.25) is 14.5 Å². The second-order valence-electron chi connectivity index (χ2n) is 3.28. The summed E-state index contributed by atoms with van der Waals surface area (Å²) >= 11 is 0. The van der Waals surface area contributed by atoms with Crippen LogP contribution in [0.25, 0.3) is 0 Å². The number of nitrogens with zero attached hydrogens (tertiary/aromatic N) is 1. The first-order valence-electron chi connectivity index (χ1n) is 4.41. The van der Waals surface area contributed by atoms with Crippen LogP contribution < -0.4 is 5.73 Å². The van der Waals surface area contributed by atoms with E-state index >= 15 is 0 Å². The minimum Gasteiger partial charge on any atom is -0.480 e. The van der Waals surface area contributed by atoms with Gasteiger partial charge < -0.3 is 15.6 Å². The van der Waals surface area contributed by atoms with E-state index in [4.69, 9.17) is 15.6 Å². The molecule has 0 aromatic carbocycles. The highest BCUT2D eigenvalue weighted by molar-refractivity contribution is 5.77. The van der Waals surface area contributed by atoms with Gasteiger partial charge in [-0.2, -0.15) is 0 Å². The second kappa shape index (κ2) is 4.92.